The van der Waals surface area contributed by atoms with Crippen LogP contribution < -0.4 is 0 Å². The van der Waals surface area contributed by atoms with Crippen LogP contribution in [-0.2, 0) is 0 Å². The molecule has 0 radical (unpaired) electrons. The average molecular weight is 318 g/mol. The third-order valence-electron chi connectivity index (χ3n) is 2.39. The first-order valence-electron chi connectivity index (χ1n) is 5.15. The highest BCUT2D eigenvalue weighted by molar-refractivity contribution is 6.65. The molecule has 2 rings (SSSR count). The topological polar surface area (TPSA) is 0 Å². The minimum absolute atomic E-state index is 0.482. The second-order valence-corrected chi connectivity index (χ2v) is 5.27. The summed E-state index contributed by atoms with van der Waals surface area (Å²) in [5.74, 6) is 0. The Kier molecular flexibility index (Phi) is 4.58. The molecule has 0 bridgehead atoms. The van der Waals surface area contributed by atoms with E-state index < -0.39 is 0 Å². The summed E-state index contributed by atoms with van der Waals surface area (Å²) in [6, 6.07) is 14.4. The molecule has 92 valence electrons. The zero-order valence-corrected chi connectivity index (χ0v) is 12.2. The summed E-state index contributed by atoms with van der Waals surface area (Å²) in [4.78, 5) is 0. The Morgan fingerprint density at radius 2 is 0.833 bits per heavy atom. The van der Waals surface area contributed by atoms with Gasteiger partial charge in [-0.25, -0.2) is 0 Å². The zero-order valence-electron chi connectivity index (χ0n) is 9.13. The van der Waals surface area contributed by atoms with Gasteiger partial charge >= 0.3 is 0 Å². The summed E-state index contributed by atoms with van der Waals surface area (Å²) in [7, 11) is 0. The molecule has 0 heterocycles. The molecule has 0 N–H and O–H groups in total. The van der Waals surface area contributed by atoms with Crippen LogP contribution in [0.3, 0.4) is 0 Å². The fraction of sp³-hybridized carbons (Fsp3) is 0. The normalized spacial score (nSPS) is 12.2. The van der Waals surface area contributed by atoms with Crippen molar-refractivity contribution in [3.8, 4) is 0 Å². The molecule has 0 fully saturated rings. The molecule has 0 saturated carbocycles. The molecule has 0 nitrogen and oxygen atoms in total. The minimum Gasteiger partial charge on any atom is -0.0843 e. The van der Waals surface area contributed by atoms with Crippen LogP contribution >= 0.6 is 46.4 Å². The van der Waals surface area contributed by atoms with Crippen molar-refractivity contribution < 1.29 is 0 Å². The smallest absolute Gasteiger partial charge is 0.0670 e. The van der Waals surface area contributed by atoms with Gasteiger partial charge in [0, 0.05) is 10.0 Å². The van der Waals surface area contributed by atoms with Gasteiger partial charge in [0.15, 0.2) is 0 Å². The molecular weight excluding hydrogens is 310 g/mol. The van der Waals surface area contributed by atoms with Gasteiger partial charge in [-0.3, -0.25) is 0 Å². The van der Waals surface area contributed by atoms with Gasteiger partial charge in [0.05, 0.1) is 10.1 Å². The van der Waals surface area contributed by atoms with Crippen LogP contribution in [0, 0.1) is 0 Å². The highest BCUT2D eigenvalue weighted by Gasteiger charge is 2.07. The van der Waals surface area contributed by atoms with E-state index in [9.17, 15) is 0 Å². The van der Waals surface area contributed by atoms with Crippen LogP contribution in [0.5, 0.6) is 0 Å². The number of hydrogen-bond donors (Lipinski definition) is 0. The van der Waals surface area contributed by atoms with Crippen molar-refractivity contribution in [1.29, 1.82) is 0 Å². The van der Waals surface area contributed by atoms with Crippen molar-refractivity contribution in [1.82, 2.24) is 0 Å². The van der Waals surface area contributed by atoms with Crippen molar-refractivity contribution in [2.45, 2.75) is 0 Å². The maximum atomic E-state index is 6.25. The molecule has 18 heavy (non-hydrogen) atoms. The standard InChI is InChI=1S/C14H8Cl4/c15-11-5-1-9(2-6-11)13(17)14(18)10-3-7-12(16)8-4-10/h1-8H. The van der Waals surface area contributed by atoms with Gasteiger partial charge in [0.2, 0.25) is 0 Å². The third-order valence-corrected chi connectivity index (χ3v) is 3.80. The Morgan fingerprint density at radius 3 is 1.11 bits per heavy atom. The lowest BCUT2D eigenvalue weighted by Crippen LogP contribution is -1.82. The second kappa shape index (κ2) is 5.99. The molecule has 2 aromatic rings. The van der Waals surface area contributed by atoms with Gasteiger partial charge in [-0.2, -0.15) is 0 Å². The van der Waals surface area contributed by atoms with Gasteiger partial charge in [-0.05, 0) is 35.4 Å². The first kappa shape index (κ1) is 13.8. The van der Waals surface area contributed by atoms with Crippen molar-refractivity contribution in [2.75, 3.05) is 0 Å². The van der Waals surface area contributed by atoms with Gasteiger partial charge < -0.3 is 0 Å². The molecule has 0 atom stereocenters. The summed E-state index contributed by atoms with van der Waals surface area (Å²) >= 11 is 24.2. The molecule has 0 spiro atoms. The Hall–Kier alpha value is -0.660. The van der Waals surface area contributed by atoms with Crippen LogP contribution in [-0.4, -0.2) is 0 Å². The number of benzene rings is 2. The van der Waals surface area contributed by atoms with Gasteiger partial charge in [-0.15, -0.1) is 0 Å². The predicted molar refractivity (Wildman–Crippen MR) is 81.4 cm³/mol. The molecule has 0 amide bonds. The average Bonchev–Trinajstić information content (AvgIpc) is 2.39. The van der Waals surface area contributed by atoms with Gasteiger partial charge in [0.1, 0.15) is 0 Å². The van der Waals surface area contributed by atoms with Crippen LogP contribution in [0.4, 0.5) is 0 Å². The van der Waals surface area contributed by atoms with Crippen molar-refractivity contribution in [3.63, 3.8) is 0 Å². The van der Waals surface area contributed by atoms with Crippen LogP contribution in [0.2, 0.25) is 10.0 Å². The number of rotatable bonds is 2. The lowest BCUT2D eigenvalue weighted by Gasteiger charge is -2.05. The van der Waals surface area contributed by atoms with Crippen molar-refractivity contribution in [2.24, 2.45) is 0 Å². The molecule has 0 saturated heterocycles. The Bertz CT molecular complexity index is 514. The molecule has 0 aliphatic heterocycles. The van der Waals surface area contributed by atoms with Crippen molar-refractivity contribution >= 4 is 56.5 Å². The van der Waals surface area contributed by atoms with E-state index in [1.165, 1.54) is 0 Å². The van der Waals surface area contributed by atoms with E-state index in [0.717, 1.165) is 11.1 Å². The van der Waals surface area contributed by atoms with Crippen LogP contribution in [0.1, 0.15) is 11.1 Å². The summed E-state index contributed by atoms with van der Waals surface area (Å²) in [5.41, 5.74) is 1.64. The minimum atomic E-state index is 0.482. The van der Waals surface area contributed by atoms with E-state index >= 15 is 0 Å². The monoisotopic (exact) mass is 316 g/mol. The van der Waals surface area contributed by atoms with Crippen LogP contribution in [0.15, 0.2) is 48.5 Å². The Balaban J connectivity index is 2.40. The zero-order chi connectivity index (χ0) is 13.1. The van der Waals surface area contributed by atoms with Gasteiger partial charge in [-0.1, -0.05) is 70.7 Å². The summed E-state index contributed by atoms with van der Waals surface area (Å²) < 4.78 is 0. The Morgan fingerprint density at radius 1 is 0.556 bits per heavy atom. The van der Waals surface area contributed by atoms with Crippen molar-refractivity contribution in [3.05, 3.63) is 69.7 Å². The quantitative estimate of drug-likeness (QED) is 0.570. The molecule has 0 aromatic heterocycles. The maximum Gasteiger partial charge on any atom is 0.0670 e. The lowest BCUT2D eigenvalue weighted by molar-refractivity contribution is 1.63. The maximum absolute atomic E-state index is 6.25. The first-order valence-corrected chi connectivity index (χ1v) is 6.66. The molecule has 4 heteroatoms. The van der Waals surface area contributed by atoms with E-state index in [1.807, 2.05) is 24.3 Å². The van der Waals surface area contributed by atoms with Gasteiger partial charge in [0.25, 0.3) is 0 Å². The molecule has 2 aromatic carbocycles. The summed E-state index contributed by atoms with van der Waals surface area (Å²) in [6.07, 6.45) is 0. The molecule has 0 unspecified atom stereocenters. The highest BCUT2D eigenvalue weighted by Crippen LogP contribution is 2.33. The fourth-order valence-corrected chi connectivity index (χ4v) is 2.17. The van der Waals surface area contributed by atoms with Crippen LogP contribution in [0.25, 0.3) is 10.1 Å². The summed E-state index contributed by atoms with van der Waals surface area (Å²) in [5, 5.41) is 2.28. The van der Waals surface area contributed by atoms with E-state index in [2.05, 4.69) is 0 Å². The van der Waals surface area contributed by atoms with E-state index in [4.69, 9.17) is 46.4 Å². The van der Waals surface area contributed by atoms with E-state index in [-0.39, 0.29) is 0 Å². The molecule has 0 aliphatic carbocycles. The molecule has 0 aliphatic rings. The fourth-order valence-electron chi connectivity index (χ4n) is 1.45. The molecular formula is C14H8Cl4. The number of halogens is 4. The highest BCUT2D eigenvalue weighted by atomic mass is 35.5. The summed E-state index contributed by atoms with van der Waals surface area (Å²) in [6.45, 7) is 0. The predicted octanol–water partition coefficient (Wildman–Crippen LogP) is 6.30. The van der Waals surface area contributed by atoms with E-state index in [0.29, 0.717) is 20.1 Å². The lowest BCUT2D eigenvalue weighted by atomic mass is 10.1. The SMILES string of the molecule is ClC(=C(Cl)c1ccc(Cl)cc1)c1ccc(Cl)cc1. The largest absolute Gasteiger partial charge is 0.0843 e. The first-order chi connectivity index (χ1) is 8.58. The second-order valence-electron chi connectivity index (χ2n) is 3.64. The van der Waals surface area contributed by atoms with E-state index in [1.54, 1.807) is 24.3 Å². The third kappa shape index (κ3) is 3.21. The Labute approximate surface area is 126 Å². The number of hydrogen-bond acceptors (Lipinski definition) is 0.